The van der Waals surface area contributed by atoms with Gasteiger partial charge >= 0.3 is 0 Å². The highest BCUT2D eigenvalue weighted by atomic mass is 16.1. The van der Waals surface area contributed by atoms with E-state index in [9.17, 15) is 4.79 Å². The molecule has 1 aliphatic rings. The molecule has 2 N–H and O–H groups in total. The maximum atomic E-state index is 11.3. The average molecular weight is 261 g/mol. The van der Waals surface area contributed by atoms with E-state index in [2.05, 4.69) is 46.7 Å². The van der Waals surface area contributed by atoms with Crippen molar-refractivity contribution in [3.63, 3.8) is 0 Å². The van der Waals surface area contributed by atoms with Gasteiger partial charge in [0.15, 0.2) is 0 Å². The van der Waals surface area contributed by atoms with Gasteiger partial charge in [-0.1, -0.05) is 18.2 Å². The predicted molar refractivity (Wildman–Crippen MR) is 78.3 cm³/mol. The van der Waals surface area contributed by atoms with Crippen LogP contribution >= 0.6 is 0 Å². The zero-order chi connectivity index (χ0) is 13.7. The van der Waals surface area contributed by atoms with E-state index in [0.29, 0.717) is 12.5 Å². The molecule has 0 aromatic heterocycles. The number of amides is 1. The van der Waals surface area contributed by atoms with Crippen LogP contribution in [0.2, 0.25) is 0 Å². The van der Waals surface area contributed by atoms with Gasteiger partial charge in [-0.25, -0.2) is 0 Å². The molecule has 0 aliphatic carbocycles. The summed E-state index contributed by atoms with van der Waals surface area (Å²) in [7, 11) is 1.69. The Bertz CT molecular complexity index is 433. The Kier molecular flexibility index (Phi) is 4.80. The van der Waals surface area contributed by atoms with Crippen molar-refractivity contribution in [2.24, 2.45) is 0 Å². The van der Waals surface area contributed by atoms with Crippen molar-refractivity contribution in [2.75, 3.05) is 25.0 Å². The van der Waals surface area contributed by atoms with Crippen molar-refractivity contribution in [3.8, 4) is 0 Å². The Labute approximate surface area is 115 Å². The zero-order valence-electron chi connectivity index (χ0n) is 11.8. The van der Waals surface area contributed by atoms with Crippen molar-refractivity contribution in [1.82, 2.24) is 10.6 Å². The Balaban J connectivity index is 2.03. The largest absolute Gasteiger partial charge is 0.370 e. The average Bonchev–Trinajstić information content (AvgIpc) is 2.59. The van der Waals surface area contributed by atoms with E-state index < -0.39 is 0 Å². The molecule has 1 aliphatic heterocycles. The first-order valence-electron chi connectivity index (χ1n) is 6.97. The molecule has 0 saturated heterocycles. The van der Waals surface area contributed by atoms with Crippen LogP contribution in [0.5, 0.6) is 0 Å². The second kappa shape index (κ2) is 6.57. The van der Waals surface area contributed by atoms with E-state index in [4.69, 9.17) is 0 Å². The van der Waals surface area contributed by atoms with Gasteiger partial charge in [-0.05, 0) is 25.0 Å². The fourth-order valence-electron chi connectivity index (χ4n) is 2.51. The van der Waals surface area contributed by atoms with E-state index in [1.54, 1.807) is 7.05 Å². The number of anilines is 1. The molecule has 1 atom stereocenters. The van der Waals surface area contributed by atoms with Gasteiger partial charge in [-0.15, -0.1) is 0 Å². The summed E-state index contributed by atoms with van der Waals surface area (Å²) in [6, 6.07) is 8.98. The van der Waals surface area contributed by atoms with Crippen LogP contribution < -0.4 is 15.5 Å². The van der Waals surface area contributed by atoms with Crippen molar-refractivity contribution < 1.29 is 4.79 Å². The highest BCUT2D eigenvalue weighted by Gasteiger charge is 2.18. The molecule has 1 heterocycles. The number of benzene rings is 1. The van der Waals surface area contributed by atoms with Crippen molar-refractivity contribution in [1.29, 1.82) is 0 Å². The Morgan fingerprint density at radius 3 is 3.05 bits per heavy atom. The maximum Gasteiger partial charge on any atom is 0.219 e. The number of carbonyl (C=O) groups excluding carboxylic acids is 1. The first kappa shape index (κ1) is 13.9. The van der Waals surface area contributed by atoms with Gasteiger partial charge in [0.2, 0.25) is 5.91 Å². The van der Waals surface area contributed by atoms with Crippen molar-refractivity contribution >= 4 is 11.6 Å². The number of hydrogen-bond acceptors (Lipinski definition) is 3. The number of para-hydroxylation sites is 1. The molecular formula is C15H23N3O. The minimum Gasteiger partial charge on any atom is -0.370 e. The van der Waals surface area contributed by atoms with E-state index in [1.807, 2.05) is 0 Å². The lowest BCUT2D eigenvalue weighted by atomic mass is 10.1. The fourth-order valence-corrected chi connectivity index (χ4v) is 2.51. The minimum absolute atomic E-state index is 0.120. The summed E-state index contributed by atoms with van der Waals surface area (Å²) >= 11 is 0. The van der Waals surface area contributed by atoms with Gasteiger partial charge in [0, 0.05) is 44.8 Å². The topological polar surface area (TPSA) is 44.4 Å². The van der Waals surface area contributed by atoms with Gasteiger partial charge in [0.25, 0.3) is 0 Å². The lowest BCUT2D eigenvalue weighted by molar-refractivity contribution is -0.120. The second-order valence-corrected chi connectivity index (χ2v) is 5.13. The molecule has 1 aromatic rings. The van der Waals surface area contributed by atoms with Crippen LogP contribution in [0.1, 0.15) is 25.3 Å². The Morgan fingerprint density at radius 2 is 2.26 bits per heavy atom. The number of nitrogens with one attached hydrogen (secondary N) is 2. The van der Waals surface area contributed by atoms with Crippen LogP contribution in [-0.2, 0) is 11.3 Å². The molecule has 1 aromatic carbocycles. The first-order valence-corrected chi connectivity index (χ1v) is 6.97. The van der Waals surface area contributed by atoms with Gasteiger partial charge in [0.05, 0.1) is 0 Å². The number of nitrogens with zero attached hydrogens (tertiary/aromatic N) is 1. The molecule has 0 bridgehead atoms. The number of fused-ring (bicyclic) bond motifs is 1. The summed E-state index contributed by atoms with van der Waals surface area (Å²) < 4.78 is 0. The molecule has 4 heteroatoms. The van der Waals surface area contributed by atoms with Crippen LogP contribution in [0, 0.1) is 0 Å². The quantitative estimate of drug-likeness (QED) is 0.863. The lowest BCUT2D eigenvalue weighted by Crippen LogP contribution is -2.36. The van der Waals surface area contributed by atoms with E-state index in [-0.39, 0.29) is 5.91 Å². The second-order valence-electron chi connectivity index (χ2n) is 5.13. The molecule has 1 amide bonds. The summed E-state index contributed by atoms with van der Waals surface area (Å²) in [5.74, 6) is 0.120. The smallest absolute Gasteiger partial charge is 0.219 e. The summed E-state index contributed by atoms with van der Waals surface area (Å²) in [5.41, 5.74) is 2.64. The molecule has 0 saturated carbocycles. The third kappa shape index (κ3) is 3.70. The molecule has 19 heavy (non-hydrogen) atoms. The monoisotopic (exact) mass is 261 g/mol. The molecule has 0 spiro atoms. The fraction of sp³-hybridized carbons (Fsp3) is 0.533. The summed E-state index contributed by atoms with van der Waals surface area (Å²) in [4.78, 5) is 13.7. The molecule has 0 radical (unpaired) electrons. The van der Waals surface area contributed by atoms with E-state index in [0.717, 1.165) is 26.1 Å². The van der Waals surface area contributed by atoms with Gasteiger partial charge < -0.3 is 15.5 Å². The van der Waals surface area contributed by atoms with Crippen LogP contribution in [0.15, 0.2) is 24.3 Å². The standard InChI is InChI=1S/C15H23N3O/c1-12-11-18(9-5-8-15(19)16-2)14-7-4-3-6-13(14)10-17-12/h3-4,6-7,12,17H,5,8-11H2,1-2H3,(H,16,19). The highest BCUT2D eigenvalue weighted by Crippen LogP contribution is 2.23. The first-order chi connectivity index (χ1) is 9.20. The molecule has 4 nitrogen and oxygen atoms in total. The third-order valence-electron chi connectivity index (χ3n) is 3.58. The van der Waals surface area contributed by atoms with E-state index in [1.165, 1.54) is 11.3 Å². The summed E-state index contributed by atoms with van der Waals surface area (Å²) in [5, 5.41) is 6.19. The molecule has 104 valence electrons. The van der Waals surface area contributed by atoms with Gasteiger partial charge in [-0.3, -0.25) is 4.79 Å². The highest BCUT2D eigenvalue weighted by molar-refractivity contribution is 5.75. The SMILES string of the molecule is CNC(=O)CCCN1CC(C)NCc2ccccc21. The molecule has 2 rings (SSSR count). The lowest BCUT2D eigenvalue weighted by Gasteiger charge is -2.26. The van der Waals surface area contributed by atoms with Crippen LogP contribution in [0.3, 0.4) is 0 Å². The normalized spacial score (nSPS) is 18.6. The number of hydrogen-bond donors (Lipinski definition) is 2. The minimum atomic E-state index is 0.120. The molecule has 0 fully saturated rings. The van der Waals surface area contributed by atoms with Crippen molar-refractivity contribution in [3.05, 3.63) is 29.8 Å². The zero-order valence-corrected chi connectivity index (χ0v) is 11.8. The number of carbonyl (C=O) groups is 1. The summed E-state index contributed by atoms with van der Waals surface area (Å²) in [6.07, 6.45) is 1.48. The van der Waals surface area contributed by atoms with Gasteiger partial charge in [0.1, 0.15) is 0 Å². The summed E-state index contributed by atoms with van der Waals surface area (Å²) in [6.45, 7) is 5.04. The third-order valence-corrected chi connectivity index (χ3v) is 3.58. The molecule has 1 unspecified atom stereocenters. The van der Waals surface area contributed by atoms with Crippen LogP contribution in [0.4, 0.5) is 5.69 Å². The van der Waals surface area contributed by atoms with Crippen molar-refractivity contribution in [2.45, 2.75) is 32.4 Å². The molecular weight excluding hydrogens is 238 g/mol. The van der Waals surface area contributed by atoms with Gasteiger partial charge in [-0.2, -0.15) is 0 Å². The number of rotatable bonds is 4. The van der Waals surface area contributed by atoms with E-state index >= 15 is 0 Å². The van der Waals surface area contributed by atoms with Crippen LogP contribution in [-0.4, -0.2) is 32.1 Å². The Hall–Kier alpha value is -1.55. The maximum absolute atomic E-state index is 11.3. The predicted octanol–water partition coefficient (Wildman–Crippen LogP) is 1.51. The Morgan fingerprint density at radius 1 is 1.47 bits per heavy atom. The van der Waals surface area contributed by atoms with Crippen LogP contribution in [0.25, 0.3) is 0 Å².